The lowest BCUT2D eigenvalue weighted by atomic mass is 10.2. The van der Waals surface area contributed by atoms with E-state index in [2.05, 4.69) is 31.3 Å². The second-order valence-electron chi connectivity index (χ2n) is 4.11. The van der Waals surface area contributed by atoms with Gasteiger partial charge in [-0.2, -0.15) is 10.5 Å². The fourth-order valence-corrected chi connectivity index (χ4v) is 1.59. The molecule has 0 atom stereocenters. The molecule has 1 amide bonds. The Bertz CT molecular complexity index is 703. The van der Waals surface area contributed by atoms with E-state index in [0.29, 0.717) is 11.4 Å². The van der Waals surface area contributed by atoms with Gasteiger partial charge in [-0.15, -0.1) is 10.2 Å². The van der Waals surface area contributed by atoms with Crippen molar-refractivity contribution in [2.45, 2.75) is 0 Å². The van der Waals surface area contributed by atoms with Gasteiger partial charge in [-0.1, -0.05) is 6.07 Å². The first-order valence-electron chi connectivity index (χ1n) is 6.22. The number of carbonyl (C=O) groups excluding carboxylic acids is 1. The lowest BCUT2D eigenvalue weighted by Crippen LogP contribution is -2.17. The first-order valence-corrected chi connectivity index (χ1v) is 6.22. The van der Waals surface area contributed by atoms with E-state index < -0.39 is 0 Å². The lowest BCUT2D eigenvalue weighted by Gasteiger charge is -2.07. The van der Waals surface area contributed by atoms with E-state index in [0.717, 1.165) is 0 Å². The molecule has 0 bridgehead atoms. The third-order valence-corrected chi connectivity index (χ3v) is 2.51. The highest BCUT2D eigenvalue weighted by atomic mass is 16.5. The fraction of sp³-hybridized carbons (Fsp3) is 0.154. The van der Waals surface area contributed by atoms with Gasteiger partial charge in [0.1, 0.15) is 18.2 Å². The summed E-state index contributed by atoms with van der Waals surface area (Å²) in [7, 11) is 1.45. The topological polar surface area (TPSA) is 129 Å². The Morgan fingerprint density at radius 2 is 2.32 bits per heavy atom. The summed E-state index contributed by atoms with van der Waals surface area (Å²) in [6.45, 7) is -0.0199. The number of allylic oxidation sites excluding steroid dienone is 1. The summed E-state index contributed by atoms with van der Waals surface area (Å²) >= 11 is 0. The molecule has 0 aliphatic heterocycles. The second kappa shape index (κ2) is 7.51. The summed E-state index contributed by atoms with van der Waals surface area (Å²) < 4.78 is 4.74. The molecule has 0 saturated heterocycles. The van der Waals surface area contributed by atoms with Crippen LogP contribution in [-0.2, 0) is 9.53 Å². The van der Waals surface area contributed by atoms with E-state index >= 15 is 0 Å². The van der Waals surface area contributed by atoms with Crippen molar-refractivity contribution in [2.75, 3.05) is 24.4 Å². The molecule has 0 unspecified atom stereocenters. The number of aromatic nitrogens is 4. The van der Waals surface area contributed by atoms with Gasteiger partial charge in [0, 0.05) is 24.7 Å². The van der Waals surface area contributed by atoms with E-state index in [1.165, 1.54) is 13.3 Å². The molecule has 2 rings (SSSR count). The summed E-state index contributed by atoms with van der Waals surface area (Å²) in [4.78, 5) is 11.5. The van der Waals surface area contributed by atoms with Crippen LogP contribution in [0.4, 0.5) is 11.4 Å². The number of benzene rings is 1. The number of aromatic amines is 1. The number of hydrogen-bond donors (Lipinski definition) is 3. The smallest absolute Gasteiger partial charge is 0.250 e. The van der Waals surface area contributed by atoms with Crippen LogP contribution >= 0.6 is 0 Å². The van der Waals surface area contributed by atoms with Crippen LogP contribution in [0.15, 0.2) is 30.5 Å². The van der Waals surface area contributed by atoms with Crippen LogP contribution in [0.25, 0.3) is 5.57 Å². The van der Waals surface area contributed by atoms with Crippen LogP contribution < -0.4 is 10.6 Å². The molecule has 22 heavy (non-hydrogen) atoms. The Hall–Kier alpha value is -3.25. The highest BCUT2D eigenvalue weighted by Crippen LogP contribution is 2.16. The number of nitriles is 1. The van der Waals surface area contributed by atoms with Crippen LogP contribution in [0.1, 0.15) is 5.82 Å². The maximum Gasteiger partial charge on any atom is 0.250 e. The number of carbonyl (C=O) groups is 1. The summed E-state index contributed by atoms with van der Waals surface area (Å²) in [5.41, 5.74) is 1.52. The number of ether oxygens (including phenoxy) is 1. The van der Waals surface area contributed by atoms with Crippen molar-refractivity contribution in [3.63, 3.8) is 0 Å². The minimum atomic E-state index is -0.250. The number of tetrazole rings is 1. The van der Waals surface area contributed by atoms with Crippen molar-refractivity contribution in [3.05, 3.63) is 36.3 Å². The number of methoxy groups -OCH3 is 1. The average molecular weight is 299 g/mol. The van der Waals surface area contributed by atoms with Gasteiger partial charge >= 0.3 is 0 Å². The highest BCUT2D eigenvalue weighted by molar-refractivity contribution is 5.92. The fourth-order valence-electron chi connectivity index (χ4n) is 1.59. The Morgan fingerprint density at radius 1 is 1.50 bits per heavy atom. The van der Waals surface area contributed by atoms with Gasteiger partial charge in [0.25, 0.3) is 0 Å². The number of nitrogens with one attached hydrogen (secondary N) is 3. The first-order chi connectivity index (χ1) is 10.7. The molecule has 0 spiro atoms. The van der Waals surface area contributed by atoms with Crippen molar-refractivity contribution >= 4 is 22.9 Å². The minimum Gasteiger partial charge on any atom is -0.375 e. The molecule has 112 valence electrons. The number of H-pyrrole nitrogens is 1. The summed E-state index contributed by atoms with van der Waals surface area (Å²) in [6, 6.07) is 8.97. The average Bonchev–Trinajstić information content (AvgIpc) is 3.03. The Kier molecular flexibility index (Phi) is 5.17. The zero-order chi connectivity index (χ0) is 15.8. The maximum atomic E-state index is 11.5. The van der Waals surface area contributed by atoms with Crippen LogP contribution in [0, 0.1) is 11.3 Å². The minimum absolute atomic E-state index is 0.0199. The van der Waals surface area contributed by atoms with E-state index in [4.69, 9.17) is 10.00 Å². The number of anilines is 2. The molecular weight excluding hydrogens is 286 g/mol. The number of rotatable bonds is 6. The summed E-state index contributed by atoms with van der Waals surface area (Å²) in [5.74, 6) is -0.0562. The molecule has 9 nitrogen and oxygen atoms in total. The van der Waals surface area contributed by atoms with Crippen molar-refractivity contribution in [2.24, 2.45) is 0 Å². The monoisotopic (exact) mass is 299 g/mol. The van der Waals surface area contributed by atoms with Crippen molar-refractivity contribution in [1.82, 2.24) is 20.6 Å². The van der Waals surface area contributed by atoms with Gasteiger partial charge in [0.15, 0.2) is 0 Å². The zero-order valence-corrected chi connectivity index (χ0v) is 11.7. The van der Waals surface area contributed by atoms with Gasteiger partial charge in [0.2, 0.25) is 11.7 Å². The quantitative estimate of drug-likeness (QED) is 0.671. The van der Waals surface area contributed by atoms with Crippen LogP contribution in [0.3, 0.4) is 0 Å². The molecule has 0 aliphatic carbocycles. The van der Waals surface area contributed by atoms with E-state index in [1.54, 1.807) is 24.3 Å². The highest BCUT2D eigenvalue weighted by Gasteiger charge is 2.06. The molecule has 3 N–H and O–H groups in total. The third-order valence-electron chi connectivity index (χ3n) is 2.51. The second-order valence-corrected chi connectivity index (χ2v) is 4.11. The molecule has 1 aromatic heterocycles. The predicted octanol–water partition coefficient (Wildman–Crippen LogP) is 0.761. The van der Waals surface area contributed by atoms with E-state index in [-0.39, 0.29) is 23.9 Å². The van der Waals surface area contributed by atoms with Gasteiger partial charge in [-0.3, -0.25) is 4.79 Å². The van der Waals surface area contributed by atoms with Gasteiger partial charge in [-0.05, 0) is 23.4 Å². The molecule has 1 aromatic carbocycles. The Balaban J connectivity index is 2.07. The molecule has 0 fully saturated rings. The first kappa shape index (κ1) is 15.1. The predicted molar refractivity (Wildman–Crippen MR) is 78.3 cm³/mol. The van der Waals surface area contributed by atoms with Crippen LogP contribution in [0.5, 0.6) is 0 Å². The third kappa shape index (κ3) is 4.12. The molecule has 0 aliphatic rings. The number of nitrogens with zero attached hydrogens (tertiary/aromatic N) is 4. The molecular formula is C13H13N7O2. The SMILES string of the molecule is COCC(=O)Nc1cccc(NC=C(C#N)c2nn[nH]n2)c1. The molecule has 1 heterocycles. The van der Waals surface area contributed by atoms with Crippen molar-refractivity contribution in [1.29, 1.82) is 5.26 Å². The number of hydrogen-bond acceptors (Lipinski definition) is 7. The Morgan fingerprint density at radius 3 is 3.00 bits per heavy atom. The van der Waals surface area contributed by atoms with E-state index in [1.807, 2.05) is 6.07 Å². The summed E-state index contributed by atoms with van der Waals surface area (Å²) in [5, 5.41) is 27.8. The Labute approximate surface area is 126 Å². The molecule has 2 aromatic rings. The maximum absolute atomic E-state index is 11.5. The van der Waals surface area contributed by atoms with Crippen molar-refractivity contribution < 1.29 is 9.53 Å². The molecule has 0 saturated carbocycles. The largest absolute Gasteiger partial charge is 0.375 e. The lowest BCUT2D eigenvalue weighted by molar-refractivity contribution is -0.119. The molecule has 9 heteroatoms. The number of amides is 1. The standard InChI is InChI=1S/C13H13N7O2/c1-22-8-12(21)16-11-4-2-3-10(5-11)15-7-9(6-14)13-17-19-20-18-13/h2-5,7,15H,8H2,1H3,(H,16,21)(H,17,18,19,20). The van der Waals surface area contributed by atoms with Gasteiger partial charge in [0.05, 0.1) is 0 Å². The zero-order valence-electron chi connectivity index (χ0n) is 11.7. The van der Waals surface area contributed by atoms with Gasteiger partial charge in [-0.25, -0.2) is 0 Å². The molecule has 0 radical (unpaired) electrons. The normalized spacial score (nSPS) is 10.8. The summed E-state index contributed by atoms with van der Waals surface area (Å²) in [6.07, 6.45) is 1.46. The van der Waals surface area contributed by atoms with Crippen LogP contribution in [-0.4, -0.2) is 40.2 Å². The van der Waals surface area contributed by atoms with Crippen molar-refractivity contribution in [3.8, 4) is 6.07 Å². The van der Waals surface area contributed by atoms with Crippen LogP contribution in [0.2, 0.25) is 0 Å². The van der Waals surface area contributed by atoms with E-state index in [9.17, 15) is 4.79 Å². The van der Waals surface area contributed by atoms with Gasteiger partial charge < -0.3 is 15.4 Å².